The van der Waals surface area contributed by atoms with Gasteiger partial charge in [-0.05, 0) is 80.5 Å². The minimum Gasteiger partial charge on any atom is -0.483 e. The number of benzene rings is 2. The van der Waals surface area contributed by atoms with Crippen LogP contribution in [0.15, 0.2) is 36.4 Å². The van der Waals surface area contributed by atoms with Crippen molar-refractivity contribution < 1.29 is 19.1 Å². The van der Waals surface area contributed by atoms with Crippen molar-refractivity contribution in [2.24, 2.45) is 0 Å². The van der Waals surface area contributed by atoms with Crippen LogP contribution >= 0.6 is 0 Å². The van der Waals surface area contributed by atoms with E-state index in [0.717, 1.165) is 30.6 Å². The summed E-state index contributed by atoms with van der Waals surface area (Å²) in [6.07, 6.45) is 4.44. The molecule has 0 bridgehead atoms. The van der Waals surface area contributed by atoms with Crippen LogP contribution in [0.2, 0.25) is 0 Å². The van der Waals surface area contributed by atoms with Crippen molar-refractivity contribution in [1.29, 1.82) is 0 Å². The molecule has 5 nitrogen and oxygen atoms in total. The molecule has 0 atom stereocenters. The van der Waals surface area contributed by atoms with Crippen molar-refractivity contribution in [3.8, 4) is 5.75 Å². The fraction of sp³-hybridized carbons (Fsp3) is 0.364. The van der Waals surface area contributed by atoms with Gasteiger partial charge < -0.3 is 14.8 Å². The summed E-state index contributed by atoms with van der Waals surface area (Å²) in [5, 5.41) is 2.84. The highest BCUT2D eigenvalue weighted by Crippen LogP contribution is 2.29. The first kappa shape index (κ1) is 19.0. The number of hydrogen-bond acceptors (Lipinski definition) is 4. The van der Waals surface area contributed by atoms with E-state index < -0.39 is 0 Å². The van der Waals surface area contributed by atoms with Crippen molar-refractivity contribution in [3.63, 3.8) is 0 Å². The molecule has 0 radical (unpaired) electrons. The van der Waals surface area contributed by atoms with E-state index in [1.165, 1.54) is 17.5 Å². The molecule has 1 aliphatic carbocycles. The third kappa shape index (κ3) is 4.67. The Morgan fingerprint density at radius 2 is 1.93 bits per heavy atom. The van der Waals surface area contributed by atoms with E-state index >= 15 is 0 Å². The van der Waals surface area contributed by atoms with E-state index in [0.29, 0.717) is 17.9 Å². The summed E-state index contributed by atoms with van der Waals surface area (Å²) < 4.78 is 10.8. The number of fused-ring (bicyclic) bond motifs is 1. The van der Waals surface area contributed by atoms with Crippen molar-refractivity contribution in [2.75, 3.05) is 18.5 Å². The molecule has 0 spiro atoms. The Kier molecular flexibility index (Phi) is 6.12. The second-order valence-corrected chi connectivity index (χ2v) is 6.69. The normalized spacial score (nSPS) is 12.8. The van der Waals surface area contributed by atoms with Crippen LogP contribution in [0, 0.1) is 6.92 Å². The van der Waals surface area contributed by atoms with Crippen LogP contribution in [-0.4, -0.2) is 25.1 Å². The lowest BCUT2D eigenvalue weighted by Gasteiger charge is -2.19. The van der Waals surface area contributed by atoms with Gasteiger partial charge in [0.2, 0.25) is 0 Å². The van der Waals surface area contributed by atoms with Gasteiger partial charge in [-0.1, -0.05) is 12.1 Å². The van der Waals surface area contributed by atoms with Crippen LogP contribution in [0.1, 0.15) is 46.8 Å². The third-order valence-corrected chi connectivity index (χ3v) is 4.72. The maximum Gasteiger partial charge on any atom is 0.338 e. The molecule has 0 aliphatic heterocycles. The Labute approximate surface area is 159 Å². The smallest absolute Gasteiger partial charge is 0.338 e. The molecule has 0 saturated heterocycles. The van der Waals surface area contributed by atoms with Gasteiger partial charge in [0.15, 0.2) is 6.61 Å². The fourth-order valence-corrected chi connectivity index (χ4v) is 3.36. The predicted octanol–water partition coefficient (Wildman–Crippen LogP) is 4.07. The molecular weight excluding hydrogens is 342 g/mol. The zero-order valence-corrected chi connectivity index (χ0v) is 15.8. The first-order valence-electron chi connectivity index (χ1n) is 9.39. The average molecular weight is 367 g/mol. The summed E-state index contributed by atoms with van der Waals surface area (Å²) in [6, 6.07) is 11.1. The molecule has 27 heavy (non-hydrogen) atoms. The largest absolute Gasteiger partial charge is 0.483 e. The zero-order valence-electron chi connectivity index (χ0n) is 15.8. The standard InChI is InChI=1S/C22H25NO4/c1-3-26-22(25)17-11-12-19(15(2)13-17)23-21(24)14-27-20-10-6-8-16-7-4-5-9-18(16)20/h6,8,10-13H,3-5,7,9,14H2,1-2H3,(H,23,24). The number of amides is 1. The lowest BCUT2D eigenvalue weighted by Crippen LogP contribution is -2.21. The predicted molar refractivity (Wildman–Crippen MR) is 104 cm³/mol. The number of anilines is 1. The molecule has 0 saturated carbocycles. The van der Waals surface area contributed by atoms with E-state index in [9.17, 15) is 9.59 Å². The van der Waals surface area contributed by atoms with Crippen LogP contribution in [0.5, 0.6) is 5.75 Å². The van der Waals surface area contributed by atoms with Crippen LogP contribution in [0.4, 0.5) is 5.69 Å². The summed E-state index contributed by atoms with van der Waals surface area (Å²) in [5.74, 6) is 0.211. The van der Waals surface area contributed by atoms with E-state index in [4.69, 9.17) is 9.47 Å². The highest BCUT2D eigenvalue weighted by Gasteiger charge is 2.15. The highest BCUT2D eigenvalue weighted by atomic mass is 16.5. The Hall–Kier alpha value is -2.82. The number of aryl methyl sites for hydroxylation is 2. The second-order valence-electron chi connectivity index (χ2n) is 6.69. The molecule has 2 aromatic rings. The van der Waals surface area contributed by atoms with Gasteiger partial charge in [-0.15, -0.1) is 0 Å². The molecule has 142 valence electrons. The minimum atomic E-state index is -0.365. The number of carbonyl (C=O) groups is 2. The molecule has 1 aliphatic rings. The van der Waals surface area contributed by atoms with Gasteiger partial charge in [0.1, 0.15) is 5.75 Å². The summed E-state index contributed by atoms with van der Waals surface area (Å²) in [5.41, 5.74) is 4.48. The lowest BCUT2D eigenvalue weighted by atomic mass is 9.91. The Morgan fingerprint density at radius 3 is 2.70 bits per heavy atom. The van der Waals surface area contributed by atoms with E-state index in [1.54, 1.807) is 25.1 Å². The molecule has 0 unspecified atom stereocenters. The lowest BCUT2D eigenvalue weighted by molar-refractivity contribution is -0.118. The summed E-state index contributed by atoms with van der Waals surface area (Å²) in [7, 11) is 0. The van der Waals surface area contributed by atoms with Gasteiger partial charge in [0.25, 0.3) is 5.91 Å². The van der Waals surface area contributed by atoms with Gasteiger partial charge >= 0.3 is 5.97 Å². The minimum absolute atomic E-state index is 0.0461. The van der Waals surface area contributed by atoms with Gasteiger partial charge in [0.05, 0.1) is 12.2 Å². The molecule has 0 aromatic heterocycles. The second kappa shape index (κ2) is 8.71. The SMILES string of the molecule is CCOC(=O)c1ccc(NC(=O)COc2cccc3c2CCCC3)c(C)c1. The number of hydrogen-bond donors (Lipinski definition) is 1. The molecule has 0 heterocycles. The van der Waals surface area contributed by atoms with E-state index in [-0.39, 0.29) is 18.5 Å². The monoisotopic (exact) mass is 367 g/mol. The van der Waals surface area contributed by atoms with Gasteiger partial charge in [-0.2, -0.15) is 0 Å². The Balaban J connectivity index is 1.61. The number of rotatable bonds is 6. The maximum atomic E-state index is 12.3. The third-order valence-electron chi connectivity index (χ3n) is 4.72. The first-order chi connectivity index (χ1) is 13.1. The maximum absolute atomic E-state index is 12.3. The number of nitrogens with one attached hydrogen (secondary N) is 1. The quantitative estimate of drug-likeness (QED) is 0.782. The topological polar surface area (TPSA) is 64.6 Å². The van der Waals surface area contributed by atoms with Crippen LogP contribution in [0.3, 0.4) is 0 Å². The molecule has 1 amide bonds. The first-order valence-corrected chi connectivity index (χ1v) is 9.39. The fourth-order valence-electron chi connectivity index (χ4n) is 3.36. The summed E-state index contributed by atoms with van der Waals surface area (Å²) in [4.78, 5) is 24.1. The van der Waals surface area contributed by atoms with Crippen molar-refractivity contribution >= 4 is 17.6 Å². The van der Waals surface area contributed by atoms with E-state index in [2.05, 4.69) is 11.4 Å². The van der Waals surface area contributed by atoms with Crippen LogP contribution in [-0.2, 0) is 22.4 Å². The summed E-state index contributed by atoms with van der Waals surface area (Å²) in [6.45, 7) is 3.89. The van der Waals surface area contributed by atoms with E-state index in [1.807, 2.05) is 19.1 Å². The molecule has 1 N–H and O–H groups in total. The number of esters is 1. The number of carbonyl (C=O) groups excluding carboxylic acids is 2. The molecular formula is C22H25NO4. The molecule has 2 aromatic carbocycles. The van der Waals surface area contributed by atoms with Crippen LogP contribution < -0.4 is 10.1 Å². The van der Waals surface area contributed by atoms with Gasteiger partial charge in [0, 0.05) is 5.69 Å². The van der Waals surface area contributed by atoms with Crippen molar-refractivity contribution in [2.45, 2.75) is 39.5 Å². The van der Waals surface area contributed by atoms with Gasteiger partial charge in [-0.3, -0.25) is 4.79 Å². The average Bonchev–Trinajstić information content (AvgIpc) is 2.68. The van der Waals surface area contributed by atoms with Crippen molar-refractivity contribution in [1.82, 2.24) is 0 Å². The van der Waals surface area contributed by atoms with Crippen molar-refractivity contribution in [3.05, 3.63) is 58.7 Å². The Bertz CT molecular complexity index is 844. The molecule has 0 fully saturated rings. The Morgan fingerprint density at radius 1 is 1.11 bits per heavy atom. The summed E-state index contributed by atoms with van der Waals surface area (Å²) >= 11 is 0. The number of ether oxygens (including phenoxy) is 2. The molecule has 3 rings (SSSR count). The van der Waals surface area contributed by atoms with Gasteiger partial charge in [-0.25, -0.2) is 4.79 Å². The zero-order chi connectivity index (χ0) is 19.2. The highest BCUT2D eigenvalue weighted by molar-refractivity contribution is 5.94. The molecule has 5 heteroatoms. The van der Waals surface area contributed by atoms with Crippen LogP contribution in [0.25, 0.3) is 0 Å².